The van der Waals surface area contributed by atoms with E-state index >= 15 is 0 Å². The van der Waals surface area contributed by atoms with Gasteiger partial charge in [-0.25, -0.2) is 0 Å². The molecule has 3 aromatic carbocycles. The Hall–Kier alpha value is -2.94. The van der Waals surface area contributed by atoms with Crippen molar-refractivity contribution in [2.45, 2.75) is 52.5 Å². The number of para-hydroxylation sites is 1. The van der Waals surface area contributed by atoms with Crippen molar-refractivity contribution in [1.29, 1.82) is 0 Å². The van der Waals surface area contributed by atoms with Crippen LogP contribution in [0.1, 0.15) is 61.1 Å². The lowest BCUT2D eigenvalue weighted by Gasteiger charge is -2.22. The maximum atomic E-state index is 10.2. The van der Waals surface area contributed by atoms with Crippen LogP contribution in [-0.4, -0.2) is 5.11 Å². The largest absolute Gasteiger partial charge is 0.508 e. The van der Waals surface area contributed by atoms with Gasteiger partial charge in [0.15, 0.2) is 0 Å². The monoisotopic (exact) mass is 388 g/mol. The number of hydrogen-bond donors (Lipinski definition) is 3. The average Bonchev–Trinajstić information content (AvgIpc) is 2.74. The van der Waals surface area contributed by atoms with Crippen LogP contribution in [0.4, 0.5) is 11.4 Å². The van der Waals surface area contributed by atoms with Crippen molar-refractivity contribution in [3.8, 4) is 5.75 Å². The lowest BCUT2D eigenvalue weighted by Crippen LogP contribution is -2.11. The summed E-state index contributed by atoms with van der Waals surface area (Å²) >= 11 is 0. The van der Waals surface area contributed by atoms with Crippen LogP contribution >= 0.6 is 0 Å². The molecule has 0 aromatic heterocycles. The molecule has 3 nitrogen and oxygen atoms in total. The highest BCUT2D eigenvalue weighted by Crippen LogP contribution is 2.31. The van der Waals surface area contributed by atoms with Crippen molar-refractivity contribution >= 4 is 11.4 Å². The van der Waals surface area contributed by atoms with Crippen molar-refractivity contribution in [3.05, 3.63) is 88.5 Å². The summed E-state index contributed by atoms with van der Waals surface area (Å²) in [5, 5.41) is 13.9. The molecule has 0 bridgehead atoms. The Morgan fingerprint density at radius 3 is 2.17 bits per heavy atom. The van der Waals surface area contributed by atoms with Gasteiger partial charge >= 0.3 is 0 Å². The minimum absolute atomic E-state index is 0.0801. The summed E-state index contributed by atoms with van der Waals surface area (Å²) in [5.74, 6) is 0.344. The fraction of sp³-hybridized carbons (Fsp3) is 0.308. The van der Waals surface area contributed by atoms with E-state index in [1.165, 1.54) is 22.3 Å². The minimum Gasteiger partial charge on any atom is -0.508 e. The lowest BCUT2D eigenvalue weighted by atomic mass is 9.97. The summed E-state index contributed by atoms with van der Waals surface area (Å²) in [4.78, 5) is 0. The Kier molecular flexibility index (Phi) is 6.82. The van der Waals surface area contributed by atoms with Crippen molar-refractivity contribution in [2.75, 3.05) is 11.1 Å². The summed E-state index contributed by atoms with van der Waals surface area (Å²) in [5.41, 5.74) is 14.1. The van der Waals surface area contributed by atoms with Gasteiger partial charge in [0, 0.05) is 16.9 Å². The molecule has 4 N–H and O–H groups in total. The van der Waals surface area contributed by atoms with Crippen molar-refractivity contribution in [2.24, 2.45) is 0 Å². The number of nitrogens with one attached hydrogen (secondary N) is 1. The molecule has 0 saturated heterocycles. The number of rotatable bonds is 8. The van der Waals surface area contributed by atoms with Gasteiger partial charge in [-0.2, -0.15) is 0 Å². The van der Waals surface area contributed by atoms with Crippen molar-refractivity contribution in [3.63, 3.8) is 0 Å². The molecule has 29 heavy (non-hydrogen) atoms. The molecular weight excluding hydrogens is 356 g/mol. The standard InChI is InChI=1S/C26H32N2O/c1-4-20-16-18(11-13-23(20)27)15-19-12-14-25(21(5-2)17-19)28-24(6-3)22-9-7-8-10-26(22)29/h7-14,16-17,24,28-29H,4-6,15,27H2,1-3H3. The molecule has 0 fully saturated rings. The molecular formula is C26H32N2O. The molecule has 3 rings (SSSR count). The number of nitrogen functional groups attached to an aromatic ring is 1. The van der Waals surface area contributed by atoms with Crippen LogP contribution in [0.5, 0.6) is 5.75 Å². The first-order valence-corrected chi connectivity index (χ1v) is 10.6. The number of nitrogens with two attached hydrogens (primary N) is 1. The van der Waals surface area contributed by atoms with Crippen molar-refractivity contribution < 1.29 is 5.11 Å². The quantitative estimate of drug-likeness (QED) is 0.400. The molecule has 0 aliphatic rings. The molecule has 0 radical (unpaired) electrons. The number of hydrogen-bond acceptors (Lipinski definition) is 3. The topological polar surface area (TPSA) is 58.3 Å². The Labute approximate surface area is 174 Å². The zero-order valence-corrected chi connectivity index (χ0v) is 17.7. The van der Waals surface area contributed by atoms with Crippen LogP contribution in [0.15, 0.2) is 60.7 Å². The molecule has 0 saturated carbocycles. The molecule has 1 atom stereocenters. The lowest BCUT2D eigenvalue weighted by molar-refractivity contribution is 0.462. The molecule has 3 aromatic rings. The Balaban J connectivity index is 1.82. The number of anilines is 2. The fourth-order valence-corrected chi connectivity index (χ4v) is 3.87. The van der Waals surface area contributed by atoms with Gasteiger partial charge in [0.05, 0.1) is 6.04 Å². The SMILES string of the molecule is CCc1cc(Cc2ccc(NC(CC)c3ccccc3O)c(CC)c2)ccc1N. The minimum atomic E-state index is 0.0801. The third kappa shape index (κ3) is 4.92. The maximum absolute atomic E-state index is 10.2. The van der Waals surface area contributed by atoms with E-state index in [0.29, 0.717) is 5.75 Å². The first-order chi connectivity index (χ1) is 14.0. The van der Waals surface area contributed by atoms with E-state index < -0.39 is 0 Å². The predicted molar refractivity (Wildman–Crippen MR) is 124 cm³/mol. The molecule has 152 valence electrons. The Bertz CT molecular complexity index is 965. The number of phenols is 1. The number of benzene rings is 3. The third-order valence-corrected chi connectivity index (χ3v) is 5.60. The maximum Gasteiger partial charge on any atom is 0.120 e. The fourth-order valence-electron chi connectivity index (χ4n) is 3.87. The van der Waals surface area contributed by atoms with E-state index in [0.717, 1.165) is 42.6 Å². The number of aryl methyl sites for hydroxylation is 2. The molecule has 3 heteroatoms. The van der Waals surface area contributed by atoms with Crippen LogP contribution < -0.4 is 11.1 Å². The van der Waals surface area contributed by atoms with Gasteiger partial charge in [-0.3, -0.25) is 0 Å². The second-order valence-corrected chi connectivity index (χ2v) is 7.57. The second-order valence-electron chi connectivity index (χ2n) is 7.57. The Morgan fingerprint density at radius 2 is 1.52 bits per heavy atom. The van der Waals surface area contributed by atoms with Gasteiger partial charge in [0.1, 0.15) is 5.75 Å². The van der Waals surface area contributed by atoms with Crippen LogP contribution in [0.2, 0.25) is 0 Å². The van der Waals surface area contributed by atoms with Crippen molar-refractivity contribution in [1.82, 2.24) is 0 Å². The summed E-state index contributed by atoms with van der Waals surface area (Å²) in [7, 11) is 0. The highest BCUT2D eigenvalue weighted by Gasteiger charge is 2.14. The second kappa shape index (κ2) is 9.51. The van der Waals surface area contributed by atoms with E-state index in [9.17, 15) is 5.11 Å². The van der Waals surface area contributed by atoms with Crippen LogP contribution in [0, 0.1) is 0 Å². The van der Waals surface area contributed by atoms with E-state index in [1.54, 1.807) is 6.07 Å². The molecule has 0 aliphatic heterocycles. The molecule has 1 unspecified atom stereocenters. The van der Waals surface area contributed by atoms with E-state index in [4.69, 9.17) is 5.73 Å². The van der Waals surface area contributed by atoms with Crippen LogP contribution in [0.25, 0.3) is 0 Å². The number of phenolic OH excluding ortho intramolecular Hbond substituents is 1. The highest BCUT2D eigenvalue weighted by molar-refractivity contribution is 5.56. The summed E-state index contributed by atoms with van der Waals surface area (Å²) < 4.78 is 0. The third-order valence-electron chi connectivity index (χ3n) is 5.60. The van der Waals surface area contributed by atoms with Gasteiger partial charge in [0.2, 0.25) is 0 Å². The zero-order valence-electron chi connectivity index (χ0n) is 17.7. The summed E-state index contributed by atoms with van der Waals surface area (Å²) in [6.45, 7) is 6.46. The predicted octanol–water partition coefficient (Wildman–Crippen LogP) is 6.25. The summed E-state index contributed by atoms with van der Waals surface area (Å²) in [6, 6.07) is 20.7. The van der Waals surface area contributed by atoms with Crippen LogP contribution in [0.3, 0.4) is 0 Å². The summed E-state index contributed by atoms with van der Waals surface area (Å²) in [6.07, 6.45) is 3.70. The van der Waals surface area contributed by atoms with E-state index in [2.05, 4.69) is 56.4 Å². The average molecular weight is 389 g/mol. The van der Waals surface area contributed by atoms with Gasteiger partial charge in [0.25, 0.3) is 0 Å². The zero-order chi connectivity index (χ0) is 20.8. The van der Waals surface area contributed by atoms with Crippen LogP contribution in [-0.2, 0) is 19.3 Å². The van der Waals surface area contributed by atoms with E-state index in [1.807, 2.05) is 24.3 Å². The smallest absolute Gasteiger partial charge is 0.120 e. The first kappa shape index (κ1) is 20.8. The van der Waals surface area contributed by atoms with E-state index in [-0.39, 0.29) is 6.04 Å². The first-order valence-electron chi connectivity index (χ1n) is 10.6. The Morgan fingerprint density at radius 1 is 0.862 bits per heavy atom. The normalized spacial score (nSPS) is 12.0. The molecule has 0 spiro atoms. The van der Waals surface area contributed by atoms with Gasteiger partial charge < -0.3 is 16.2 Å². The molecule has 0 amide bonds. The number of aromatic hydroxyl groups is 1. The molecule has 0 heterocycles. The van der Waals surface area contributed by atoms with Gasteiger partial charge in [-0.1, -0.05) is 63.2 Å². The highest BCUT2D eigenvalue weighted by atomic mass is 16.3. The van der Waals surface area contributed by atoms with Gasteiger partial charge in [-0.05, 0) is 66.1 Å². The van der Waals surface area contributed by atoms with Gasteiger partial charge in [-0.15, -0.1) is 0 Å². The molecule has 0 aliphatic carbocycles.